The summed E-state index contributed by atoms with van der Waals surface area (Å²) in [5.74, 6) is 0.899. The van der Waals surface area contributed by atoms with E-state index in [0.29, 0.717) is 32.4 Å². The minimum absolute atomic E-state index is 0.457. The van der Waals surface area contributed by atoms with Gasteiger partial charge in [0.25, 0.3) is 0 Å². The van der Waals surface area contributed by atoms with Gasteiger partial charge in [0.05, 0.1) is 31.4 Å². The van der Waals surface area contributed by atoms with Crippen molar-refractivity contribution in [3.63, 3.8) is 0 Å². The Labute approximate surface area is 190 Å². The van der Waals surface area contributed by atoms with Crippen LogP contribution in [0.3, 0.4) is 0 Å². The van der Waals surface area contributed by atoms with Crippen molar-refractivity contribution in [1.29, 1.82) is 0 Å². The highest BCUT2D eigenvalue weighted by Crippen LogP contribution is 2.24. The average Bonchev–Trinajstić information content (AvgIpc) is 3.33. The minimum Gasteiger partial charge on any atom is -0.379 e. The molecule has 1 saturated heterocycles. The summed E-state index contributed by atoms with van der Waals surface area (Å²) in [7, 11) is 0. The van der Waals surface area contributed by atoms with Gasteiger partial charge in [0.1, 0.15) is 0 Å². The number of nitrogens with one attached hydrogen (secondary N) is 2. The fraction of sp³-hybridized carbons (Fsp3) is 0.542. The largest absolute Gasteiger partial charge is 0.379 e. The molecule has 170 valence electrons. The Morgan fingerprint density at radius 1 is 1.10 bits per heavy atom. The zero-order chi connectivity index (χ0) is 21.7. The standard InChI is InChI=1S/C24H36N4O2S/c1-3-25-24(27-22-10-12-28(13-11-22)23-9-6-16-31-23)26-18-20-7-5-8-21(17-20)19-30-15-14-29-4-2/h5-9,16-17,22H,3-4,10-15,18-19H2,1-2H3,(H2,25,26,27). The molecule has 0 bridgehead atoms. The molecule has 0 saturated carbocycles. The molecule has 31 heavy (non-hydrogen) atoms. The first-order valence-corrected chi connectivity index (χ1v) is 12.2. The van der Waals surface area contributed by atoms with Gasteiger partial charge < -0.3 is 25.0 Å². The number of aliphatic imine (C=N–C) groups is 1. The van der Waals surface area contributed by atoms with Crippen LogP contribution in [0.25, 0.3) is 0 Å². The number of hydrogen-bond acceptors (Lipinski definition) is 5. The van der Waals surface area contributed by atoms with Crippen LogP contribution >= 0.6 is 11.3 Å². The smallest absolute Gasteiger partial charge is 0.191 e. The molecule has 1 fully saturated rings. The summed E-state index contributed by atoms with van der Waals surface area (Å²) in [4.78, 5) is 7.31. The van der Waals surface area contributed by atoms with E-state index in [9.17, 15) is 0 Å². The first-order chi connectivity index (χ1) is 15.3. The molecule has 1 aromatic carbocycles. The molecule has 0 amide bonds. The molecular weight excluding hydrogens is 408 g/mol. The molecule has 0 unspecified atom stereocenters. The average molecular weight is 445 g/mol. The highest BCUT2D eigenvalue weighted by atomic mass is 32.1. The van der Waals surface area contributed by atoms with E-state index in [0.717, 1.165) is 45.0 Å². The van der Waals surface area contributed by atoms with Crippen LogP contribution in [-0.2, 0) is 22.6 Å². The summed E-state index contributed by atoms with van der Waals surface area (Å²) in [5.41, 5.74) is 2.36. The fourth-order valence-electron chi connectivity index (χ4n) is 3.65. The molecule has 0 atom stereocenters. The van der Waals surface area contributed by atoms with Crippen molar-refractivity contribution in [1.82, 2.24) is 10.6 Å². The van der Waals surface area contributed by atoms with Crippen LogP contribution in [0.5, 0.6) is 0 Å². The maximum Gasteiger partial charge on any atom is 0.191 e. The normalized spacial score (nSPS) is 15.3. The molecule has 1 aliphatic rings. The molecule has 1 aromatic heterocycles. The third kappa shape index (κ3) is 8.16. The predicted molar refractivity (Wildman–Crippen MR) is 130 cm³/mol. The summed E-state index contributed by atoms with van der Waals surface area (Å²) in [6, 6.07) is 13.3. The molecule has 1 aliphatic heterocycles. The fourth-order valence-corrected chi connectivity index (χ4v) is 4.43. The first-order valence-electron chi connectivity index (χ1n) is 11.3. The highest BCUT2D eigenvalue weighted by Gasteiger charge is 2.20. The third-order valence-corrected chi connectivity index (χ3v) is 6.18. The quantitative estimate of drug-likeness (QED) is 0.311. The molecule has 6 nitrogen and oxygen atoms in total. The lowest BCUT2D eigenvalue weighted by molar-refractivity contribution is 0.0453. The molecule has 2 heterocycles. The number of piperidine rings is 1. The van der Waals surface area contributed by atoms with Crippen LogP contribution in [0.15, 0.2) is 46.8 Å². The van der Waals surface area contributed by atoms with E-state index >= 15 is 0 Å². The summed E-state index contributed by atoms with van der Waals surface area (Å²) in [5, 5.41) is 10.6. The number of benzene rings is 1. The predicted octanol–water partition coefficient (Wildman–Crippen LogP) is 4.03. The summed E-state index contributed by atoms with van der Waals surface area (Å²) < 4.78 is 11.0. The van der Waals surface area contributed by atoms with Crippen molar-refractivity contribution in [2.75, 3.05) is 44.4 Å². The Morgan fingerprint density at radius 2 is 1.90 bits per heavy atom. The van der Waals surface area contributed by atoms with E-state index < -0.39 is 0 Å². The molecule has 2 aromatic rings. The summed E-state index contributed by atoms with van der Waals surface area (Å²) in [6.07, 6.45) is 2.24. The first kappa shape index (κ1) is 23.6. The second kappa shape index (κ2) is 13.3. The third-order valence-electron chi connectivity index (χ3n) is 5.25. The van der Waals surface area contributed by atoms with E-state index in [2.05, 4.69) is 64.2 Å². The van der Waals surface area contributed by atoms with Crippen molar-refractivity contribution in [3.05, 3.63) is 52.9 Å². The molecule has 7 heteroatoms. The number of thiophene rings is 1. The molecular formula is C24H36N4O2S. The number of rotatable bonds is 11. The summed E-state index contributed by atoms with van der Waals surface area (Å²) >= 11 is 1.82. The second-order valence-corrected chi connectivity index (χ2v) is 8.55. The van der Waals surface area contributed by atoms with Gasteiger partial charge in [-0.2, -0.15) is 0 Å². The number of guanidine groups is 1. The monoisotopic (exact) mass is 444 g/mol. The summed E-state index contributed by atoms with van der Waals surface area (Å²) in [6.45, 7) is 10.4. The van der Waals surface area contributed by atoms with Gasteiger partial charge in [0.2, 0.25) is 0 Å². The van der Waals surface area contributed by atoms with E-state index in [4.69, 9.17) is 14.5 Å². The number of ether oxygens (including phenoxy) is 2. The van der Waals surface area contributed by atoms with Gasteiger partial charge in [0, 0.05) is 32.3 Å². The SMILES string of the molecule is CCNC(=NCc1cccc(COCCOCC)c1)NC1CCN(c2cccs2)CC1. The lowest BCUT2D eigenvalue weighted by Crippen LogP contribution is -2.48. The van der Waals surface area contributed by atoms with Gasteiger partial charge in [-0.3, -0.25) is 0 Å². The van der Waals surface area contributed by atoms with Gasteiger partial charge in [-0.05, 0) is 55.3 Å². The van der Waals surface area contributed by atoms with Crippen LogP contribution in [0.1, 0.15) is 37.8 Å². The zero-order valence-corrected chi connectivity index (χ0v) is 19.6. The van der Waals surface area contributed by atoms with Crippen LogP contribution in [-0.4, -0.2) is 51.5 Å². The van der Waals surface area contributed by atoms with Crippen LogP contribution in [0.4, 0.5) is 5.00 Å². The van der Waals surface area contributed by atoms with Gasteiger partial charge in [-0.1, -0.05) is 24.3 Å². The van der Waals surface area contributed by atoms with Gasteiger partial charge in [-0.25, -0.2) is 4.99 Å². The lowest BCUT2D eigenvalue weighted by atomic mass is 10.1. The van der Waals surface area contributed by atoms with Crippen LogP contribution < -0.4 is 15.5 Å². The minimum atomic E-state index is 0.457. The van der Waals surface area contributed by atoms with Crippen molar-refractivity contribution in [2.45, 2.75) is 45.9 Å². The Hall–Kier alpha value is -2.09. The van der Waals surface area contributed by atoms with Crippen molar-refractivity contribution >= 4 is 22.3 Å². The van der Waals surface area contributed by atoms with Crippen LogP contribution in [0.2, 0.25) is 0 Å². The van der Waals surface area contributed by atoms with Gasteiger partial charge >= 0.3 is 0 Å². The van der Waals surface area contributed by atoms with Crippen LogP contribution in [0, 0.1) is 0 Å². The maximum atomic E-state index is 5.69. The highest BCUT2D eigenvalue weighted by molar-refractivity contribution is 7.14. The van der Waals surface area contributed by atoms with Gasteiger partial charge in [0.15, 0.2) is 5.96 Å². The van der Waals surface area contributed by atoms with E-state index in [1.165, 1.54) is 16.1 Å². The van der Waals surface area contributed by atoms with Crippen molar-refractivity contribution in [2.24, 2.45) is 4.99 Å². The second-order valence-electron chi connectivity index (χ2n) is 7.62. The topological polar surface area (TPSA) is 58.1 Å². The number of hydrogen-bond donors (Lipinski definition) is 2. The van der Waals surface area contributed by atoms with E-state index in [1.54, 1.807) is 0 Å². The van der Waals surface area contributed by atoms with Crippen molar-refractivity contribution < 1.29 is 9.47 Å². The molecule has 0 radical (unpaired) electrons. The lowest BCUT2D eigenvalue weighted by Gasteiger charge is -2.33. The van der Waals surface area contributed by atoms with E-state index in [-0.39, 0.29) is 0 Å². The maximum absolute atomic E-state index is 5.69. The zero-order valence-electron chi connectivity index (χ0n) is 18.8. The Bertz CT molecular complexity index is 774. The molecule has 3 rings (SSSR count). The van der Waals surface area contributed by atoms with E-state index in [1.807, 2.05) is 18.3 Å². The Kier molecular flexibility index (Phi) is 10.2. The Morgan fingerprint density at radius 3 is 2.65 bits per heavy atom. The Balaban J connectivity index is 1.47. The number of nitrogens with zero attached hydrogens (tertiary/aromatic N) is 2. The molecule has 2 N–H and O–H groups in total. The number of anilines is 1. The molecule has 0 spiro atoms. The van der Waals surface area contributed by atoms with Gasteiger partial charge in [-0.15, -0.1) is 11.3 Å². The molecule has 0 aliphatic carbocycles. The van der Waals surface area contributed by atoms with Crippen molar-refractivity contribution in [3.8, 4) is 0 Å².